The van der Waals surface area contributed by atoms with E-state index in [0.29, 0.717) is 11.4 Å². The summed E-state index contributed by atoms with van der Waals surface area (Å²) in [4.78, 5) is 11.3. The van der Waals surface area contributed by atoms with Gasteiger partial charge in [-0.15, -0.1) is 0 Å². The lowest BCUT2D eigenvalue weighted by Gasteiger charge is -2.09. The Morgan fingerprint density at radius 3 is 2.05 bits per heavy atom. The lowest BCUT2D eigenvalue weighted by molar-refractivity contribution is 0.254. The largest absolute Gasteiger partial charge is 0.341 e. The molecule has 0 atom stereocenters. The van der Waals surface area contributed by atoms with Gasteiger partial charge in [-0.2, -0.15) is 0 Å². The van der Waals surface area contributed by atoms with Crippen molar-refractivity contribution in [1.82, 2.24) is 5.32 Å². The fourth-order valence-electron chi connectivity index (χ4n) is 1.63. The van der Waals surface area contributed by atoms with E-state index in [1.165, 1.54) is 19.2 Å². The molecule has 0 radical (unpaired) electrons. The summed E-state index contributed by atoms with van der Waals surface area (Å²) in [6, 6.07) is 14.1. The van der Waals surface area contributed by atoms with Crippen LogP contribution in [-0.2, 0) is 10.0 Å². The van der Waals surface area contributed by atoms with Crippen molar-refractivity contribution in [3.63, 3.8) is 0 Å². The Labute approximate surface area is 123 Å². The zero-order chi connectivity index (χ0) is 15.3. The average Bonchev–Trinajstić information content (AvgIpc) is 2.50. The summed E-state index contributed by atoms with van der Waals surface area (Å²) in [6.07, 6.45) is 0. The Kier molecular flexibility index (Phi) is 4.44. The molecule has 0 spiro atoms. The van der Waals surface area contributed by atoms with Crippen LogP contribution in [0.25, 0.3) is 0 Å². The van der Waals surface area contributed by atoms with Gasteiger partial charge in [-0.1, -0.05) is 18.2 Å². The zero-order valence-corrected chi connectivity index (χ0v) is 12.1. The van der Waals surface area contributed by atoms with Crippen molar-refractivity contribution < 1.29 is 13.2 Å². The molecule has 2 aromatic rings. The lowest BCUT2D eigenvalue weighted by Crippen LogP contribution is -2.24. The number of hydrogen-bond donors (Lipinski definition) is 3. The van der Waals surface area contributed by atoms with Gasteiger partial charge in [-0.25, -0.2) is 13.2 Å². The summed E-state index contributed by atoms with van der Waals surface area (Å²) in [6.45, 7) is 0. The number of nitrogens with one attached hydrogen (secondary N) is 3. The Morgan fingerprint density at radius 1 is 0.905 bits per heavy atom. The molecular weight excluding hydrogens is 290 g/mol. The summed E-state index contributed by atoms with van der Waals surface area (Å²) in [5.41, 5.74) is 0.985. The monoisotopic (exact) mass is 305 g/mol. The van der Waals surface area contributed by atoms with Crippen molar-refractivity contribution in [2.75, 3.05) is 17.1 Å². The summed E-state index contributed by atoms with van der Waals surface area (Å²) in [5.74, 6) is 0. The number of rotatable bonds is 4. The first-order chi connectivity index (χ1) is 10.0. The molecule has 0 aromatic heterocycles. The highest BCUT2D eigenvalue weighted by Crippen LogP contribution is 2.18. The number of sulfonamides is 1. The zero-order valence-electron chi connectivity index (χ0n) is 11.3. The summed E-state index contributed by atoms with van der Waals surface area (Å²) in [5, 5.41) is 5.01. The van der Waals surface area contributed by atoms with Gasteiger partial charge < -0.3 is 10.6 Å². The Balaban J connectivity index is 2.12. The van der Waals surface area contributed by atoms with E-state index in [2.05, 4.69) is 15.4 Å². The van der Waals surface area contributed by atoms with Crippen molar-refractivity contribution in [2.24, 2.45) is 0 Å². The highest BCUT2D eigenvalue weighted by atomic mass is 32.2. The van der Waals surface area contributed by atoms with Gasteiger partial charge in [0.25, 0.3) is 10.0 Å². The summed E-state index contributed by atoms with van der Waals surface area (Å²) < 4.78 is 26.7. The maximum absolute atomic E-state index is 12.1. The number of hydrogen-bond acceptors (Lipinski definition) is 3. The van der Waals surface area contributed by atoms with Gasteiger partial charge in [-0.05, 0) is 36.4 Å². The van der Waals surface area contributed by atoms with Crippen LogP contribution >= 0.6 is 0 Å². The van der Waals surface area contributed by atoms with Crippen molar-refractivity contribution in [1.29, 1.82) is 0 Å². The molecule has 7 heteroatoms. The van der Waals surface area contributed by atoms with E-state index >= 15 is 0 Å². The Hall–Kier alpha value is -2.54. The van der Waals surface area contributed by atoms with Crippen LogP contribution in [0.1, 0.15) is 0 Å². The third-order valence-corrected chi connectivity index (χ3v) is 4.07. The molecule has 0 bridgehead atoms. The number of amides is 2. The van der Waals surface area contributed by atoms with Gasteiger partial charge in [0.05, 0.1) is 4.90 Å². The van der Waals surface area contributed by atoms with Crippen LogP contribution in [0.5, 0.6) is 0 Å². The quantitative estimate of drug-likeness (QED) is 0.809. The minimum atomic E-state index is -3.60. The molecule has 2 rings (SSSR count). The van der Waals surface area contributed by atoms with Crippen LogP contribution in [-0.4, -0.2) is 21.5 Å². The molecule has 0 saturated heterocycles. The summed E-state index contributed by atoms with van der Waals surface area (Å²) >= 11 is 0. The van der Waals surface area contributed by atoms with Gasteiger partial charge in [0.1, 0.15) is 0 Å². The van der Waals surface area contributed by atoms with Crippen LogP contribution < -0.4 is 15.4 Å². The molecule has 21 heavy (non-hydrogen) atoms. The predicted octanol–water partition coefficient (Wildman–Crippen LogP) is 2.24. The third-order valence-electron chi connectivity index (χ3n) is 2.68. The maximum Gasteiger partial charge on any atom is 0.318 e. The maximum atomic E-state index is 12.1. The van der Waals surface area contributed by atoms with Gasteiger partial charge in [0, 0.05) is 18.4 Å². The van der Waals surface area contributed by atoms with Crippen molar-refractivity contribution in [3.05, 3.63) is 54.6 Å². The Bertz CT molecular complexity index is 713. The van der Waals surface area contributed by atoms with E-state index in [1.807, 2.05) is 0 Å². The molecule has 0 heterocycles. The average molecular weight is 305 g/mol. The van der Waals surface area contributed by atoms with E-state index in [4.69, 9.17) is 0 Å². The van der Waals surface area contributed by atoms with Crippen molar-refractivity contribution >= 4 is 27.4 Å². The highest BCUT2D eigenvalue weighted by Gasteiger charge is 2.13. The van der Waals surface area contributed by atoms with E-state index in [-0.39, 0.29) is 10.9 Å². The van der Waals surface area contributed by atoms with E-state index < -0.39 is 10.0 Å². The van der Waals surface area contributed by atoms with Gasteiger partial charge >= 0.3 is 6.03 Å². The molecule has 6 nitrogen and oxygen atoms in total. The summed E-state index contributed by atoms with van der Waals surface area (Å²) in [7, 11) is -2.09. The highest BCUT2D eigenvalue weighted by molar-refractivity contribution is 7.92. The molecule has 110 valence electrons. The Morgan fingerprint density at radius 2 is 1.48 bits per heavy atom. The van der Waals surface area contributed by atoms with Crippen molar-refractivity contribution in [3.8, 4) is 0 Å². The SMILES string of the molecule is CNC(=O)Nc1ccc(NS(=O)(=O)c2ccccc2)cc1. The first-order valence-corrected chi connectivity index (χ1v) is 7.66. The van der Waals surface area contributed by atoms with Crippen LogP contribution in [0.3, 0.4) is 0 Å². The fraction of sp³-hybridized carbons (Fsp3) is 0.0714. The molecule has 2 aromatic carbocycles. The molecule has 2 amide bonds. The number of carbonyl (C=O) groups excluding carboxylic acids is 1. The second kappa shape index (κ2) is 6.27. The first kappa shape index (κ1) is 14.9. The number of benzene rings is 2. The second-order valence-corrected chi connectivity index (χ2v) is 5.88. The first-order valence-electron chi connectivity index (χ1n) is 6.18. The van der Waals surface area contributed by atoms with E-state index in [0.717, 1.165) is 0 Å². The third kappa shape index (κ3) is 3.96. The van der Waals surface area contributed by atoms with Crippen LogP contribution in [0.15, 0.2) is 59.5 Å². The van der Waals surface area contributed by atoms with Crippen LogP contribution in [0, 0.1) is 0 Å². The molecule has 0 aliphatic heterocycles. The number of urea groups is 1. The molecule has 0 aliphatic rings. The number of anilines is 2. The molecule has 0 fully saturated rings. The molecule has 3 N–H and O–H groups in total. The lowest BCUT2D eigenvalue weighted by atomic mass is 10.3. The van der Waals surface area contributed by atoms with E-state index in [9.17, 15) is 13.2 Å². The normalized spacial score (nSPS) is 10.7. The minimum Gasteiger partial charge on any atom is -0.341 e. The molecular formula is C14H15N3O3S. The standard InChI is InChI=1S/C14H15N3O3S/c1-15-14(18)16-11-7-9-12(10-8-11)17-21(19,20)13-5-3-2-4-6-13/h2-10,17H,1H3,(H2,15,16,18). The smallest absolute Gasteiger partial charge is 0.318 e. The van der Waals surface area contributed by atoms with Gasteiger partial charge in [0.2, 0.25) is 0 Å². The molecule has 0 unspecified atom stereocenters. The molecule has 0 aliphatic carbocycles. The van der Waals surface area contributed by atoms with Gasteiger partial charge in [0.15, 0.2) is 0 Å². The fourth-order valence-corrected chi connectivity index (χ4v) is 2.71. The topological polar surface area (TPSA) is 87.3 Å². The minimum absolute atomic E-state index is 0.192. The van der Waals surface area contributed by atoms with Crippen LogP contribution in [0.4, 0.5) is 16.2 Å². The molecule has 0 saturated carbocycles. The van der Waals surface area contributed by atoms with E-state index in [1.54, 1.807) is 42.5 Å². The number of carbonyl (C=O) groups is 1. The predicted molar refractivity (Wildman–Crippen MR) is 81.8 cm³/mol. The second-order valence-electron chi connectivity index (χ2n) is 4.20. The van der Waals surface area contributed by atoms with Gasteiger partial charge in [-0.3, -0.25) is 4.72 Å². The van der Waals surface area contributed by atoms with Crippen LogP contribution in [0.2, 0.25) is 0 Å². The van der Waals surface area contributed by atoms with Crippen molar-refractivity contribution in [2.45, 2.75) is 4.90 Å².